The summed E-state index contributed by atoms with van der Waals surface area (Å²) in [5.74, 6) is 4.79. The standard InChI is InChI=1S/C19H24N2O7S/c1-13(27-3)5-6-14-7-9-15(10-8-14)21-12-16(28-18(21)23)11-19(2,17(22)20-24)29(4,25)26/h7-10,13,16,24H,11-12H2,1-4H3,(H,20,22)/t13?,16-,19?/m0/s1. The minimum absolute atomic E-state index is 0.0639. The molecule has 1 fully saturated rings. The molecular formula is C19H24N2O7S. The lowest BCUT2D eigenvalue weighted by Crippen LogP contribution is -2.51. The van der Waals surface area contributed by atoms with Gasteiger partial charge in [0.05, 0.1) is 6.54 Å². The summed E-state index contributed by atoms with van der Waals surface area (Å²) in [6, 6.07) is 6.87. The lowest BCUT2D eigenvalue weighted by molar-refractivity contribution is -0.132. The van der Waals surface area contributed by atoms with E-state index >= 15 is 0 Å². The van der Waals surface area contributed by atoms with Gasteiger partial charge in [-0.3, -0.25) is 14.9 Å². The van der Waals surface area contributed by atoms with Crippen molar-refractivity contribution in [3.63, 3.8) is 0 Å². The number of nitrogens with one attached hydrogen (secondary N) is 1. The highest BCUT2D eigenvalue weighted by Crippen LogP contribution is 2.30. The first-order valence-corrected chi connectivity index (χ1v) is 10.7. The SMILES string of the molecule is COC(C)C#Cc1ccc(N2C[C@H](CC(C)(C(=O)NO)S(C)(=O)=O)OC2=O)cc1. The molecule has 0 spiro atoms. The largest absolute Gasteiger partial charge is 0.444 e. The molecule has 1 aliphatic rings. The van der Waals surface area contributed by atoms with E-state index in [2.05, 4.69) is 11.8 Å². The van der Waals surface area contributed by atoms with Gasteiger partial charge in [0, 0.05) is 31.0 Å². The lowest BCUT2D eigenvalue weighted by atomic mass is 10.0. The molecular weight excluding hydrogens is 400 g/mol. The summed E-state index contributed by atoms with van der Waals surface area (Å²) in [6.45, 7) is 3.07. The van der Waals surface area contributed by atoms with Crippen LogP contribution in [-0.4, -0.2) is 62.5 Å². The van der Waals surface area contributed by atoms with Crippen LogP contribution in [0, 0.1) is 11.8 Å². The highest BCUT2D eigenvalue weighted by atomic mass is 32.2. The number of benzene rings is 1. The molecule has 1 aliphatic heterocycles. The van der Waals surface area contributed by atoms with Crippen molar-refractivity contribution in [2.24, 2.45) is 0 Å². The molecule has 0 aliphatic carbocycles. The molecule has 2 amide bonds. The number of rotatable bonds is 6. The Morgan fingerprint density at radius 3 is 2.59 bits per heavy atom. The monoisotopic (exact) mass is 424 g/mol. The fourth-order valence-corrected chi connectivity index (χ4v) is 3.64. The Labute approximate surface area is 169 Å². The zero-order valence-corrected chi connectivity index (χ0v) is 17.4. The number of nitrogens with zero attached hydrogens (tertiary/aromatic N) is 1. The van der Waals surface area contributed by atoms with Crippen molar-refractivity contribution >= 4 is 27.5 Å². The number of methoxy groups -OCH3 is 1. The van der Waals surface area contributed by atoms with Crippen LogP contribution in [0.5, 0.6) is 0 Å². The Morgan fingerprint density at radius 1 is 1.45 bits per heavy atom. The van der Waals surface area contributed by atoms with Gasteiger partial charge in [-0.05, 0) is 38.1 Å². The number of sulfone groups is 1. The minimum Gasteiger partial charge on any atom is -0.444 e. The first kappa shape index (κ1) is 22.7. The molecule has 0 bridgehead atoms. The number of hydrogen-bond donors (Lipinski definition) is 2. The maximum Gasteiger partial charge on any atom is 0.414 e. The molecule has 158 valence electrons. The molecule has 3 atom stereocenters. The second-order valence-corrected chi connectivity index (χ2v) is 9.40. The van der Waals surface area contributed by atoms with E-state index in [0.29, 0.717) is 5.69 Å². The number of cyclic esters (lactones) is 1. The molecule has 2 N–H and O–H groups in total. The summed E-state index contributed by atoms with van der Waals surface area (Å²) in [5.41, 5.74) is 2.67. The summed E-state index contributed by atoms with van der Waals surface area (Å²) in [5, 5.41) is 8.91. The van der Waals surface area contributed by atoms with Crippen LogP contribution in [0.3, 0.4) is 0 Å². The first-order valence-electron chi connectivity index (χ1n) is 8.78. The predicted octanol–water partition coefficient (Wildman–Crippen LogP) is 1.10. The lowest BCUT2D eigenvalue weighted by Gasteiger charge is -2.26. The van der Waals surface area contributed by atoms with Crippen LogP contribution in [0.1, 0.15) is 25.8 Å². The maximum atomic E-state index is 12.3. The van der Waals surface area contributed by atoms with E-state index in [9.17, 15) is 18.0 Å². The molecule has 0 radical (unpaired) electrons. The fraction of sp³-hybridized carbons (Fsp3) is 0.474. The first-order chi connectivity index (χ1) is 13.5. The van der Waals surface area contributed by atoms with Crippen LogP contribution in [0.2, 0.25) is 0 Å². The van der Waals surface area contributed by atoms with E-state index in [1.54, 1.807) is 31.4 Å². The number of amides is 2. The second kappa shape index (κ2) is 8.82. The van der Waals surface area contributed by atoms with Crippen molar-refractivity contribution in [3.05, 3.63) is 29.8 Å². The van der Waals surface area contributed by atoms with Crippen LogP contribution in [0.25, 0.3) is 0 Å². The Hall–Kier alpha value is -2.61. The van der Waals surface area contributed by atoms with E-state index < -0.39 is 32.7 Å². The number of ether oxygens (including phenoxy) is 2. The molecule has 0 saturated carbocycles. The van der Waals surface area contributed by atoms with E-state index in [0.717, 1.165) is 11.8 Å². The smallest absolute Gasteiger partial charge is 0.414 e. The van der Waals surface area contributed by atoms with Crippen molar-refractivity contribution in [2.45, 2.75) is 37.2 Å². The quantitative estimate of drug-likeness (QED) is 0.398. The third-order valence-corrected chi connectivity index (χ3v) is 6.83. The van der Waals surface area contributed by atoms with Crippen LogP contribution in [0.15, 0.2) is 24.3 Å². The maximum absolute atomic E-state index is 12.3. The number of carbonyl (C=O) groups is 2. The van der Waals surface area contributed by atoms with Gasteiger partial charge in [-0.25, -0.2) is 18.7 Å². The molecule has 1 saturated heterocycles. The second-order valence-electron chi connectivity index (χ2n) is 6.96. The topological polar surface area (TPSA) is 122 Å². The molecule has 10 heteroatoms. The zero-order chi connectivity index (χ0) is 21.8. The van der Waals surface area contributed by atoms with Gasteiger partial charge in [0.2, 0.25) is 0 Å². The van der Waals surface area contributed by atoms with Gasteiger partial charge in [-0.15, -0.1) is 0 Å². The summed E-state index contributed by atoms with van der Waals surface area (Å²) >= 11 is 0. The number of carbonyl (C=O) groups excluding carboxylic acids is 2. The highest BCUT2D eigenvalue weighted by Gasteiger charge is 2.48. The highest BCUT2D eigenvalue weighted by molar-refractivity contribution is 7.92. The Morgan fingerprint density at radius 2 is 2.07 bits per heavy atom. The Bertz CT molecular complexity index is 934. The molecule has 9 nitrogen and oxygen atoms in total. The third kappa shape index (κ3) is 5.06. The van der Waals surface area contributed by atoms with Gasteiger partial charge in [-0.1, -0.05) is 11.8 Å². The average molecular weight is 424 g/mol. The average Bonchev–Trinajstić information content (AvgIpc) is 3.04. The normalized spacial score (nSPS) is 19.6. The van der Waals surface area contributed by atoms with Crippen LogP contribution < -0.4 is 10.4 Å². The number of hydrogen-bond acceptors (Lipinski definition) is 7. The van der Waals surface area contributed by atoms with Crippen LogP contribution >= 0.6 is 0 Å². The minimum atomic E-state index is -3.89. The van der Waals surface area contributed by atoms with Crippen molar-refractivity contribution in [2.75, 3.05) is 24.8 Å². The van der Waals surface area contributed by atoms with Gasteiger partial charge in [0.15, 0.2) is 14.6 Å². The summed E-state index contributed by atoms with van der Waals surface area (Å²) in [6.07, 6.45) is -1.10. The Balaban J connectivity index is 2.15. The molecule has 2 unspecified atom stereocenters. The van der Waals surface area contributed by atoms with Gasteiger partial charge < -0.3 is 9.47 Å². The van der Waals surface area contributed by atoms with Crippen LogP contribution in [0.4, 0.5) is 10.5 Å². The molecule has 1 aromatic rings. The van der Waals surface area contributed by atoms with Gasteiger partial charge in [-0.2, -0.15) is 0 Å². The van der Waals surface area contributed by atoms with Crippen LogP contribution in [-0.2, 0) is 24.1 Å². The fourth-order valence-electron chi connectivity index (χ4n) is 2.77. The van der Waals surface area contributed by atoms with Gasteiger partial charge in [0.25, 0.3) is 5.91 Å². The third-order valence-electron chi connectivity index (χ3n) is 4.84. The van der Waals surface area contributed by atoms with E-state index in [1.165, 1.54) is 17.3 Å². The van der Waals surface area contributed by atoms with Gasteiger partial charge >= 0.3 is 6.09 Å². The van der Waals surface area contributed by atoms with Crippen molar-refractivity contribution in [1.82, 2.24) is 5.48 Å². The predicted molar refractivity (Wildman–Crippen MR) is 105 cm³/mol. The molecule has 0 aromatic heterocycles. The number of anilines is 1. The molecule has 2 rings (SSSR count). The number of hydroxylamine groups is 1. The summed E-state index contributed by atoms with van der Waals surface area (Å²) in [7, 11) is -2.33. The zero-order valence-electron chi connectivity index (χ0n) is 16.6. The van der Waals surface area contributed by atoms with Gasteiger partial charge in [0.1, 0.15) is 12.2 Å². The van der Waals surface area contributed by atoms with Crippen molar-refractivity contribution in [3.8, 4) is 11.8 Å². The molecule has 1 heterocycles. The summed E-state index contributed by atoms with van der Waals surface area (Å²) in [4.78, 5) is 25.6. The Kier molecular flexibility index (Phi) is 6.89. The van der Waals surface area contributed by atoms with E-state index in [1.807, 2.05) is 6.92 Å². The van der Waals surface area contributed by atoms with E-state index in [4.69, 9.17) is 14.7 Å². The molecule has 29 heavy (non-hydrogen) atoms. The van der Waals surface area contributed by atoms with Crippen molar-refractivity contribution < 1.29 is 32.7 Å². The van der Waals surface area contributed by atoms with E-state index in [-0.39, 0.29) is 19.1 Å². The van der Waals surface area contributed by atoms with Crippen molar-refractivity contribution in [1.29, 1.82) is 0 Å². The summed E-state index contributed by atoms with van der Waals surface area (Å²) < 4.78 is 32.6. The molecule has 1 aromatic carbocycles.